The zero-order valence-electron chi connectivity index (χ0n) is 18.4. The van der Waals surface area contributed by atoms with Crippen LogP contribution in [0, 0.1) is 5.92 Å². The Labute approximate surface area is 179 Å². The van der Waals surface area contributed by atoms with Gasteiger partial charge in [0.2, 0.25) is 11.8 Å². The molecule has 0 aromatic heterocycles. The summed E-state index contributed by atoms with van der Waals surface area (Å²) in [6.07, 6.45) is 2.49. The summed E-state index contributed by atoms with van der Waals surface area (Å²) in [5.41, 5.74) is 2.20. The molecule has 1 N–H and O–H groups in total. The third-order valence-electron chi connectivity index (χ3n) is 6.19. The van der Waals surface area contributed by atoms with Crippen LogP contribution >= 0.6 is 0 Å². The number of amides is 2. The molecule has 5 heteroatoms. The number of hydrogen-bond donors (Lipinski definition) is 1. The lowest BCUT2D eigenvalue weighted by molar-refractivity contribution is -0.132. The summed E-state index contributed by atoms with van der Waals surface area (Å²) in [5, 5.41) is 2.98. The number of carbonyl (C=O) groups excluding carboxylic acids is 2. The van der Waals surface area contributed by atoms with E-state index in [1.54, 1.807) is 11.8 Å². The smallest absolute Gasteiger partial charge is 0.227 e. The van der Waals surface area contributed by atoms with Crippen LogP contribution in [0.25, 0.3) is 0 Å². The summed E-state index contributed by atoms with van der Waals surface area (Å²) in [6.45, 7) is 9.54. The maximum atomic E-state index is 12.5. The van der Waals surface area contributed by atoms with E-state index in [9.17, 15) is 9.59 Å². The molecule has 1 heterocycles. The lowest BCUT2D eigenvalue weighted by atomic mass is 9.82. The Hall–Kier alpha value is -2.82. The Balaban J connectivity index is 1.54. The maximum absolute atomic E-state index is 12.5. The molecule has 0 bridgehead atoms. The van der Waals surface area contributed by atoms with Gasteiger partial charge in [0, 0.05) is 31.6 Å². The number of anilines is 1. The molecule has 1 aliphatic rings. The van der Waals surface area contributed by atoms with Crippen LogP contribution in [0.1, 0.15) is 52.5 Å². The number of nitrogens with zero attached hydrogens (tertiary/aromatic N) is 1. The van der Waals surface area contributed by atoms with Crippen LogP contribution in [0.4, 0.5) is 5.69 Å². The molecular formula is C25H32N2O3. The Morgan fingerprint density at radius 2 is 1.53 bits per heavy atom. The molecule has 2 aromatic rings. The molecule has 0 aliphatic carbocycles. The molecule has 0 spiro atoms. The van der Waals surface area contributed by atoms with Gasteiger partial charge in [0.15, 0.2) is 0 Å². The minimum absolute atomic E-state index is 0.0148. The Kier molecular flexibility index (Phi) is 6.80. The molecule has 0 saturated carbocycles. The lowest BCUT2D eigenvalue weighted by Crippen LogP contribution is -2.40. The zero-order chi connectivity index (χ0) is 21.7. The lowest BCUT2D eigenvalue weighted by Gasteiger charge is -2.30. The Bertz CT molecular complexity index is 864. The highest BCUT2D eigenvalue weighted by Crippen LogP contribution is 2.30. The van der Waals surface area contributed by atoms with Gasteiger partial charge >= 0.3 is 0 Å². The third-order valence-corrected chi connectivity index (χ3v) is 6.19. The average molecular weight is 409 g/mol. The molecule has 3 rings (SSSR count). The van der Waals surface area contributed by atoms with E-state index in [0.717, 1.165) is 23.6 Å². The molecule has 160 valence electrons. The Morgan fingerprint density at radius 1 is 1.00 bits per heavy atom. The van der Waals surface area contributed by atoms with Gasteiger partial charge < -0.3 is 15.0 Å². The van der Waals surface area contributed by atoms with Crippen molar-refractivity contribution in [1.82, 2.24) is 4.90 Å². The average Bonchev–Trinajstić information content (AvgIpc) is 2.75. The van der Waals surface area contributed by atoms with Gasteiger partial charge in [-0.25, -0.2) is 0 Å². The van der Waals surface area contributed by atoms with Crippen molar-refractivity contribution < 1.29 is 14.3 Å². The molecule has 2 aromatic carbocycles. The normalized spacial score (nSPS) is 15.0. The molecule has 5 nitrogen and oxygen atoms in total. The standard InChI is InChI=1S/C25H32N2O3/c1-5-25(3,4)20-6-10-22(11-7-20)30-23-12-8-21(9-13-23)26-24(29)19-14-16-27(17-15-19)18(2)28/h6-13,19H,5,14-17H2,1-4H3,(H,26,29). The van der Waals surface area contributed by atoms with E-state index in [-0.39, 0.29) is 23.1 Å². The third kappa shape index (κ3) is 5.41. The number of hydrogen-bond acceptors (Lipinski definition) is 3. The van der Waals surface area contributed by atoms with Crippen molar-refractivity contribution in [3.8, 4) is 11.5 Å². The van der Waals surface area contributed by atoms with Crippen LogP contribution < -0.4 is 10.1 Å². The van der Waals surface area contributed by atoms with Gasteiger partial charge in [-0.3, -0.25) is 9.59 Å². The van der Waals surface area contributed by atoms with Crippen LogP contribution in [0.2, 0.25) is 0 Å². The number of rotatable bonds is 6. The molecule has 2 amide bonds. The highest BCUT2D eigenvalue weighted by Gasteiger charge is 2.26. The van der Waals surface area contributed by atoms with Crippen molar-refractivity contribution in [3.63, 3.8) is 0 Å². The minimum Gasteiger partial charge on any atom is -0.457 e. The van der Waals surface area contributed by atoms with Gasteiger partial charge in [-0.2, -0.15) is 0 Å². The molecule has 1 saturated heterocycles. The second-order valence-electron chi connectivity index (χ2n) is 8.66. The van der Waals surface area contributed by atoms with E-state index in [0.29, 0.717) is 25.9 Å². The molecule has 1 fully saturated rings. The van der Waals surface area contributed by atoms with Crippen LogP contribution in [-0.4, -0.2) is 29.8 Å². The summed E-state index contributed by atoms with van der Waals surface area (Å²) in [7, 11) is 0. The summed E-state index contributed by atoms with van der Waals surface area (Å²) >= 11 is 0. The van der Waals surface area contributed by atoms with Crippen molar-refractivity contribution >= 4 is 17.5 Å². The number of carbonyl (C=O) groups is 2. The van der Waals surface area contributed by atoms with Gasteiger partial charge in [-0.1, -0.05) is 32.9 Å². The highest BCUT2D eigenvalue weighted by molar-refractivity contribution is 5.92. The van der Waals surface area contributed by atoms with Crippen molar-refractivity contribution in [1.29, 1.82) is 0 Å². The van der Waals surface area contributed by atoms with Crippen LogP contribution in [-0.2, 0) is 15.0 Å². The second kappa shape index (κ2) is 9.33. The van der Waals surface area contributed by atoms with E-state index >= 15 is 0 Å². The van der Waals surface area contributed by atoms with E-state index in [1.807, 2.05) is 36.4 Å². The monoisotopic (exact) mass is 408 g/mol. The number of nitrogens with one attached hydrogen (secondary N) is 1. The molecule has 0 atom stereocenters. The number of piperidine rings is 1. The highest BCUT2D eigenvalue weighted by atomic mass is 16.5. The summed E-state index contributed by atoms with van der Waals surface area (Å²) in [4.78, 5) is 25.7. The number of likely N-dealkylation sites (tertiary alicyclic amines) is 1. The van der Waals surface area contributed by atoms with Crippen LogP contribution in [0.15, 0.2) is 48.5 Å². The van der Waals surface area contributed by atoms with Crippen molar-refractivity contribution in [2.24, 2.45) is 5.92 Å². The van der Waals surface area contributed by atoms with Crippen LogP contribution in [0.3, 0.4) is 0 Å². The van der Waals surface area contributed by atoms with Crippen molar-refractivity contribution in [2.45, 2.75) is 52.4 Å². The molecule has 0 radical (unpaired) electrons. The summed E-state index contributed by atoms with van der Waals surface area (Å²) in [6, 6.07) is 15.6. The fraction of sp³-hybridized carbons (Fsp3) is 0.440. The van der Waals surface area contributed by atoms with Gasteiger partial charge in [-0.05, 0) is 66.6 Å². The topological polar surface area (TPSA) is 58.6 Å². The fourth-order valence-electron chi connectivity index (χ4n) is 3.62. The predicted molar refractivity (Wildman–Crippen MR) is 120 cm³/mol. The molecule has 30 heavy (non-hydrogen) atoms. The van der Waals surface area contributed by atoms with Gasteiger partial charge in [0.25, 0.3) is 0 Å². The number of benzene rings is 2. The first-order valence-corrected chi connectivity index (χ1v) is 10.7. The largest absolute Gasteiger partial charge is 0.457 e. The molecular weight excluding hydrogens is 376 g/mol. The van der Waals surface area contributed by atoms with E-state index in [1.165, 1.54) is 5.56 Å². The van der Waals surface area contributed by atoms with Gasteiger partial charge in [0.05, 0.1) is 0 Å². The maximum Gasteiger partial charge on any atom is 0.227 e. The van der Waals surface area contributed by atoms with Crippen molar-refractivity contribution in [3.05, 3.63) is 54.1 Å². The predicted octanol–water partition coefficient (Wildman–Crippen LogP) is 5.36. The first-order valence-electron chi connectivity index (χ1n) is 10.7. The summed E-state index contributed by atoms with van der Waals surface area (Å²) < 4.78 is 5.94. The number of ether oxygens (including phenoxy) is 1. The first-order chi connectivity index (χ1) is 14.3. The zero-order valence-corrected chi connectivity index (χ0v) is 18.4. The molecule has 0 unspecified atom stereocenters. The SMILES string of the molecule is CCC(C)(C)c1ccc(Oc2ccc(NC(=O)C3CCN(C(C)=O)CC3)cc2)cc1. The fourth-order valence-corrected chi connectivity index (χ4v) is 3.62. The quantitative estimate of drug-likeness (QED) is 0.700. The van der Waals surface area contributed by atoms with E-state index in [4.69, 9.17) is 4.74 Å². The minimum atomic E-state index is -0.0533. The van der Waals surface area contributed by atoms with Gasteiger partial charge in [0.1, 0.15) is 11.5 Å². The van der Waals surface area contributed by atoms with Crippen LogP contribution in [0.5, 0.6) is 11.5 Å². The Morgan fingerprint density at radius 3 is 2.03 bits per heavy atom. The first kappa shape index (κ1) is 21.9. The van der Waals surface area contributed by atoms with E-state index in [2.05, 4.69) is 38.2 Å². The molecule has 1 aliphatic heterocycles. The second-order valence-corrected chi connectivity index (χ2v) is 8.66. The van der Waals surface area contributed by atoms with Gasteiger partial charge in [-0.15, -0.1) is 0 Å². The van der Waals surface area contributed by atoms with Crippen molar-refractivity contribution in [2.75, 3.05) is 18.4 Å². The summed E-state index contributed by atoms with van der Waals surface area (Å²) in [5.74, 6) is 1.56. The van der Waals surface area contributed by atoms with E-state index < -0.39 is 0 Å².